The molecule has 0 heterocycles. The fourth-order valence-electron chi connectivity index (χ4n) is 2.72. The van der Waals surface area contributed by atoms with Crippen LogP contribution in [0.4, 0.5) is 4.39 Å². The summed E-state index contributed by atoms with van der Waals surface area (Å²) in [5.74, 6) is -1.06. The average Bonchev–Trinajstić information content (AvgIpc) is 2.38. The minimum Gasteiger partial charge on any atom is -0.478 e. The van der Waals surface area contributed by atoms with Gasteiger partial charge in [-0.1, -0.05) is 27.7 Å². The summed E-state index contributed by atoms with van der Waals surface area (Å²) in [6.07, 6.45) is 2.06. The van der Waals surface area contributed by atoms with Crippen molar-refractivity contribution < 1.29 is 14.3 Å². The van der Waals surface area contributed by atoms with E-state index in [4.69, 9.17) is 5.11 Å². The lowest BCUT2D eigenvalue weighted by Crippen LogP contribution is -2.36. The molecule has 3 nitrogen and oxygen atoms in total. The number of hydrogen-bond acceptors (Lipinski definition) is 2. The number of rotatable bonds is 8. The first-order valence-electron chi connectivity index (χ1n) is 7.64. The molecule has 4 heteroatoms. The maximum absolute atomic E-state index is 13.6. The molecule has 0 amide bonds. The van der Waals surface area contributed by atoms with Gasteiger partial charge in [0.1, 0.15) is 5.82 Å². The highest BCUT2D eigenvalue weighted by molar-refractivity contribution is 5.87. The average molecular weight is 295 g/mol. The Morgan fingerprint density at radius 2 is 1.86 bits per heavy atom. The van der Waals surface area contributed by atoms with E-state index in [9.17, 15) is 9.18 Å². The summed E-state index contributed by atoms with van der Waals surface area (Å²) in [6, 6.07) is 4.50. The molecule has 1 rings (SSSR count). The number of carboxylic acid groups (broad SMARTS) is 1. The third-order valence-corrected chi connectivity index (χ3v) is 3.65. The molecule has 0 fully saturated rings. The van der Waals surface area contributed by atoms with Crippen LogP contribution in [0.1, 0.15) is 56.5 Å². The van der Waals surface area contributed by atoms with Crippen LogP contribution in [0, 0.1) is 11.7 Å². The lowest BCUT2D eigenvalue weighted by atomic mass is 10.0. The number of carbonyl (C=O) groups is 1. The van der Waals surface area contributed by atoms with Gasteiger partial charge in [0.15, 0.2) is 0 Å². The first-order valence-corrected chi connectivity index (χ1v) is 7.64. The molecule has 118 valence electrons. The molecule has 1 aromatic rings. The number of benzene rings is 1. The second-order valence-corrected chi connectivity index (χ2v) is 5.95. The monoisotopic (exact) mass is 295 g/mol. The lowest BCUT2D eigenvalue weighted by molar-refractivity contribution is 0.0696. The zero-order chi connectivity index (χ0) is 16.0. The van der Waals surface area contributed by atoms with E-state index in [0.717, 1.165) is 31.0 Å². The van der Waals surface area contributed by atoms with Gasteiger partial charge >= 0.3 is 5.97 Å². The molecule has 0 unspecified atom stereocenters. The summed E-state index contributed by atoms with van der Waals surface area (Å²) in [7, 11) is 0. The molecular weight excluding hydrogens is 269 g/mol. The standard InChI is InChI=1S/C17H26FNO2/c1-5-16(6-2)19(10-12(3)4)11-13-7-14(17(20)21)9-15(18)8-13/h7-9,12,16H,5-6,10-11H2,1-4H3,(H,20,21). The largest absolute Gasteiger partial charge is 0.478 e. The van der Waals surface area contributed by atoms with Crippen molar-refractivity contribution in [2.24, 2.45) is 5.92 Å². The van der Waals surface area contributed by atoms with Crippen molar-refractivity contribution in [2.45, 2.75) is 53.1 Å². The number of carboxylic acids is 1. The Morgan fingerprint density at radius 1 is 1.24 bits per heavy atom. The number of halogens is 1. The third-order valence-electron chi connectivity index (χ3n) is 3.65. The third kappa shape index (κ3) is 5.46. The van der Waals surface area contributed by atoms with E-state index in [0.29, 0.717) is 18.5 Å². The normalized spacial score (nSPS) is 11.6. The van der Waals surface area contributed by atoms with Crippen molar-refractivity contribution in [2.75, 3.05) is 6.54 Å². The van der Waals surface area contributed by atoms with E-state index in [1.807, 2.05) is 0 Å². The van der Waals surface area contributed by atoms with Crippen LogP contribution in [0.5, 0.6) is 0 Å². The lowest BCUT2D eigenvalue weighted by Gasteiger charge is -2.32. The molecule has 0 saturated carbocycles. The molecule has 0 saturated heterocycles. The van der Waals surface area contributed by atoms with Crippen molar-refractivity contribution in [1.29, 1.82) is 0 Å². The highest BCUT2D eigenvalue weighted by Gasteiger charge is 2.18. The van der Waals surface area contributed by atoms with Crippen LogP contribution in [0.3, 0.4) is 0 Å². The van der Waals surface area contributed by atoms with Crippen molar-refractivity contribution in [3.63, 3.8) is 0 Å². The summed E-state index contributed by atoms with van der Waals surface area (Å²) in [4.78, 5) is 13.4. The molecule has 21 heavy (non-hydrogen) atoms. The van der Waals surface area contributed by atoms with E-state index < -0.39 is 11.8 Å². The van der Waals surface area contributed by atoms with Gasteiger partial charge in [0.25, 0.3) is 0 Å². The number of hydrogen-bond donors (Lipinski definition) is 1. The van der Waals surface area contributed by atoms with Gasteiger partial charge in [0.2, 0.25) is 0 Å². The van der Waals surface area contributed by atoms with Gasteiger partial charge in [-0.3, -0.25) is 4.90 Å². The Morgan fingerprint density at radius 3 is 2.33 bits per heavy atom. The maximum Gasteiger partial charge on any atom is 0.335 e. The van der Waals surface area contributed by atoms with Crippen LogP contribution in [0.15, 0.2) is 18.2 Å². The van der Waals surface area contributed by atoms with Crippen LogP contribution < -0.4 is 0 Å². The predicted octanol–water partition coefficient (Wildman–Crippen LogP) is 4.17. The van der Waals surface area contributed by atoms with Gasteiger partial charge in [-0.05, 0) is 42.5 Å². The Labute approximate surface area is 126 Å². The summed E-state index contributed by atoms with van der Waals surface area (Å²) < 4.78 is 13.6. The molecule has 0 spiro atoms. The SMILES string of the molecule is CCC(CC)N(Cc1cc(F)cc(C(=O)O)c1)CC(C)C. The Hall–Kier alpha value is -1.42. The van der Waals surface area contributed by atoms with Crippen LogP contribution in [0.25, 0.3) is 0 Å². The zero-order valence-electron chi connectivity index (χ0n) is 13.4. The van der Waals surface area contributed by atoms with Gasteiger partial charge in [0.05, 0.1) is 5.56 Å². The molecule has 1 N–H and O–H groups in total. The first kappa shape index (κ1) is 17.6. The maximum atomic E-state index is 13.6. The van der Waals surface area contributed by atoms with Crippen molar-refractivity contribution in [3.8, 4) is 0 Å². The number of nitrogens with zero attached hydrogens (tertiary/aromatic N) is 1. The zero-order valence-corrected chi connectivity index (χ0v) is 13.4. The predicted molar refractivity (Wildman–Crippen MR) is 83.0 cm³/mol. The minimum absolute atomic E-state index is 0.0130. The minimum atomic E-state index is -1.09. The molecule has 0 aromatic heterocycles. The van der Waals surface area contributed by atoms with E-state index in [1.54, 1.807) is 6.07 Å². The second-order valence-electron chi connectivity index (χ2n) is 5.95. The van der Waals surface area contributed by atoms with Crippen LogP contribution in [-0.4, -0.2) is 28.6 Å². The molecule has 0 aliphatic carbocycles. The van der Waals surface area contributed by atoms with Gasteiger partial charge in [0, 0.05) is 19.1 Å². The summed E-state index contributed by atoms with van der Waals surface area (Å²) >= 11 is 0. The molecular formula is C17H26FNO2. The Kier molecular flexibility index (Phi) is 6.82. The second kappa shape index (κ2) is 8.13. The fourth-order valence-corrected chi connectivity index (χ4v) is 2.72. The first-order chi connectivity index (χ1) is 9.87. The Bertz CT molecular complexity index is 470. The summed E-state index contributed by atoms with van der Waals surface area (Å²) in [6.45, 7) is 10.1. The Balaban J connectivity index is 2.99. The number of aromatic carboxylic acids is 1. The molecule has 0 aliphatic rings. The van der Waals surface area contributed by atoms with Crippen LogP contribution >= 0.6 is 0 Å². The highest BCUT2D eigenvalue weighted by atomic mass is 19.1. The summed E-state index contributed by atoms with van der Waals surface area (Å²) in [5, 5.41) is 9.03. The highest BCUT2D eigenvalue weighted by Crippen LogP contribution is 2.18. The van der Waals surface area contributed by atoms with Gasteiger partial charge < -0.3 is 5.11 Å². The van der Waals surface area contributed by atoms with E-state index in [1.165, 1.54) is 6.07 Å². The van der Waals surface area contributed by atoms with E-state index in [2.05, 4.69) is 32.6 Å². The smallest absolute Gasteiger partial charge is 0.335 e. The quantitative estimate of drug-likeness (QED) is 0.782. The van der Waals surface area contributed by atoms with Crippen LogP contribution in [0.2, 0.25) is 0 Å². The van der Waals surface area contributed by atoms with Crippen LogP contribution in [-0.2, 0) is 6.54 Å². The molecule has 0 aliphatic heterocycles. The molecule has 0 atom stereocenters. The van der Waals surface area contributed by atoms with Gasteiger partial charge in [-0.2, -0.15) is 0 Å². The molecule has 0 radical (unpaired) electrons. The van der Waals surface area contributed by atoms with Crippen molar-refractivity contribution in [3.05, 3.63) is 35.1 Å². The van der Waals surface area contributed by atoms with E-state index >= 15 is 0 Å². The summed E-state index contributed by atoms with van der Waals surface area (Å²) in [5.41, 5.74) is 0.735. The van der Waals surface area contributed by atoms with Gasteiger partial charge in [-0.25, -0.2) is 9.18 Å². The van der Waals surface area contributed by atoms with Crippen molar-refractivity contribution >= 4 is 5.97 Å². The fraction of sp³-hybridized carbons (Fsp3) is 0.588. The van der Waals surface area contributed by atoms with Gasteiger partial charge in [-0.15, -0.1) is 0 Å². The van der Waals surface area contributed by atoms with Crippen molar-refractivity contribution in [1.82, 2.24) is 4.90 Å². The molecule has 0 bridgehead atoms. The van der Waals surface area contributed by atoms with E-state index in [-0.39, 0.29) is 5.56 Å². The molecule has 1 aromatic carbocycles. The topological polar surface area (TPSA) is 40.5 Å².